The third-order valence-electron chi connectivity index (χ3n) is 3.82. The van der Waals surface area contributed by atoms with Crippen molar-refractivity contribution in [1.29, 1.82) is 0 Å². The lowest BCUT2D eigenvalue weighted by Gasteiger charge is -2.22. The van der Waals surface area contributed by atoms with E-state index in [0.717, 1.165) is 17.1 Å². The van der Waals surface area contributed by atoms with Crippen molar-refractivity contribution in [2.24, 2.45) is 0 Å². The van der Waals surface area contributed by atoms with E-state index in [1.54, 1.807) is 0 Å². The van der Waals surface area contributed by atoms with E-state index in [9.17, 15) is 8.78 Å². The molecule has 108 valence electrons. The van der Waals surface area contributed by atoms with E-state index < -0.39 is 5.92 Å². The molecule has 1 fully saturated rings. The summed E-state index contributed by atoms with van der Waals surface area (Å²) in [6.45, 7) is 8.15. The molecule has 1 N–H and O–H groups in total. The van der Waals surface area contributed by atoms with Crippen LogP contribution in [0, 0.1) is 6.92 Å². The number of nitrogens with zero attached hydrogens (tertiary/aromatic N) is 2. The van der Waals surface area contributed by atoms with Crippen LogP contribution in [0.4, 0.5) is 14.6 Å². The van der Waals surface area contributed by atoms with E-state index in [2.05, 4.69) is 31.2 Å². The van der Waals surface area contributed by atoms with Gasteiger partial charge in [0.05, 0.1) is 11.2 Å². The number of hydrogen-bond acceptors (Lipinski definition) is 2. The van der Waals surface area contributed by atoms with Crippen molar-refractivity contribution in [2.45, 2.75) is 64.3 Å². The Balaban J connectivity index is 2.40. The van der Waals surface area contributed by atoms with Crippen LogP contribution >= 0.6 is 0 Å². The molecule has 0 aliphatic heterocycles. The van der Waals surface area contributed by atoms with Crippen molar-refractivity contribution in [3.63, 3.8) is 0 Å². The summed E-state index contributed by atoms with van der Waals surface area (Å²) in [5, 5.41) is 7.77. The van der Waals surface area contributed by atoms with Crippen LogP contribution in [0.2, 0.25) is 0 Å². The maximum Gasteiger partial charge on any atom is 0.248 e. The second-order valence-corrected chi connectivity index (χ2v) is 6.49. The molecule has 0 spiro atoms. The third kappa shape index (κ3) is 2.60. The maximum absolute atomic E-state index is 13.4. The van der Waals surface area contributed by atoms with Gasteiger partial charge in [0, 0.05) is 31.4 Å². The minimum absolute atomic E-state index is 0.0195. The van der Waals surface area contributed by atoms with Gasteiger partial charge in [-0.15, -0.1) is 0 Å². The van der Waals surface area contributed by atoms with Crippen molar-refractivity contribution < 1.29 is 8.78 Å². The number of aromatic nitrogens is 2. The molecule has 1 heterocycles. The zero-order chi connectivity index (χ0) is 14.4. The van der Waals surface area contributed by atoms with Gasteiger partial charge in [0.25, 0.3) is 0 Å². The van der Waals surface area contributed by atoms with Crippen LogP contribution in [0.1, 0.15) is 57.2 Å². The number of alkyl halides is 2. The number of rotatable bonds is 2. The number of anilines is 1. The second kappa shape index (κ2) is 4.46. The lowest BCUT2D eigenvalue weighted by Crippen LogP contribution is -2.25. The van der Waals surface area contributed by atoms with Gasteiger partial charge in [-0.1, -0.05) is 0 Å². The first-order valence-electron chi connectivity index (χ1n) is 6.81. The largest absolute Gasteiger partial charge is 0.373 e. The van der Waals surface area contributed by atoms with Crippen LogP contribution in [-0.2, 0) is 5.54 Å². The Bertz CT molecular complexity index is 472. The SMILES string of the molecule is CNc1c(C)c(C2CCC(F)(F)C2)nn1C(C)(C)C. The summed E-state index contributed by atoms with van der Waals surface area (Å²) in [6.07, 6.45) is 0.435. The van der Waals surface area contributed by atoms with Gasteiger partial charge in [-0.2, -0.15) is 5.10 Å². The smallest absolute Gasteiger partial charge is 0.248 e. The molecule has 1 aliphatic carbocycles. The molecular formula is C14H23F2N3. The Morgan fingerprint density at radius 1 is 1.37 bits per heavy atom. The first kappa shape index (κ1) is 14.3. The Morgan fingerprint density at radius 2 is 2.00 bits per heavy atom. The zero-order valence-electron chi connectivity index (χ0n) is 12.3. The molecule has 1 saturated carbocycles. The average Bonchev–Trinajstić information content (AvgIpc) is 2.77. The van der Waals surface area contributed by atoms with Crippen LogP contribution in [0.3, 0.4) is 0 Å². The number of hydrogen-bond donors (Lipinski definition) is 1. The minimum Gasteiger partial charge on any atom is -0.373 e. The van der Waals surface area contributed by atoms with Crippen LogP contribution in [-0.4, -0.2) is 22.8 Å². The molecule has 3 nitrogen and oxygen atoms in total. The predicted octanol–water partition coefficient (Wildman–Crippen LogP) is 3.89. The lowest BCUT2D eigenvalue weighted by atomic mass is 10.0. The van der Waals surface area contributed by atoms with E-state index in [-0.39, 0.29) is 24.3 Å². The summed E-state index contributed by atoms with van der Waals surface area (Å²) < 4.78 is 28.7. The molecule has 1 aromatic rings. The standard InChI is InChI=1S/C14H23F2N3/c1-9-11(10-6-7-14(15,16)8-10)18-19(12(9)17-5)13(2,3)4/h10,17H,6-8H2,1-5H3. The lowest BCUT2D eigenvalue weighted by molar-refractivity contribution is 0.00763. The van der Waals surface area contributed by atoms with Gasteiger partial charge >= 0.3 is 0 Å². The molecule has 5 heteroatoms. The van der Waals surface area contributed by atoms with Gasteiger partial charge in [-0.05, 0) is 34.1 Å². The molecule has 19 heavy (non-hydrogen) atoms. The van der Waals surface area contributed by atoms with Crippen LogP contribution in [0.25, 0.3) is 0 Å². The van der Waals surface area contributed by atoms with E-state index in [1.807, 2.05) is 18.7 Å². The van der Waals surface area contributed by atoms with Gasteiger partial charge in [0.15, 0.2) is 0 Å². The van der Waals surface area contributed by atoms with Gasteiger partial charge in [-0.3, -0.25) is 0 Å². The summed E-state index contributed by atoms with van der Waals surface area (Å²) >= 11 is 0. The molecule has 0 amide bonds. The quantitative estimate of drug-likeness (QED) is 0.884. The Labute approximate surface area is 113 Å². The monoisotopic (exact) mass is 271 g/mol. The summed E-state index contributed by atoms with van der Waals surface area (Å²) in [5.41, 5.74) is 1.67. The number of halogens is 2. The third-order valence-corrected chi connectivity index (χ3v) is 3.82. The van der Waals surface area contributed by atoms with Crippen LogP contribution < -0.4 is 5.32 Å². The van der Waals surface area contributed by atoms with Crippen LogP contribution in [0.5, 0.6) is 0 Å². The highest BCUT2D eigenvalue weighted by atomic mass is 19.3. The Morgan fingerprint density at radius 3 is 2.37 bits per heavy atom. The second-order valence-electron chi connectivity index (χ2n) is 6.49. The molecular weight excluding hydrogens is 248 g/mol. The van der Waals surface area contributed by atoms with Gasteiger partial charge in [0.1, 0.15) is 5.82 Å². The molecule has 0 radical (unpaired) electrons. The van der Waals surface area contributed by atoms with Crippen molar-refractivity contribution in [3.8, 4) is 0 Å². The summed E-state index contributed by atoms with van der Waals surface area (Å²) in [6, 6.07) is 0. The Kier molecular flexibility index (Phi) is 3.35. The molecule has 2 rings (SSSR count). The van der Waals surface area contributed by atoms with Gasteiger partial charge < -0.3 is 5.32 Å². The maximum atomic E-state index is 13.4. The number of nitrogens with one attached hydrogen (secondary N) is 1. The fourth-order valence-corrected chi connectivity index (χ4v) is 2.86. The zero-order valence-corrected chi connectivity index (χ0v) is 12.3. The summed E-state index contributed by atoms with van der Waals surface area (Å²) in [5.74, 6) is -1.72. The summed E-state index contributed by atoms with van der Waals surface area (Å²) in [4.78, 5) is 0. The first-order valence-corrected chi connectivity index (χ1v) is 6.81. The van der Waals surface area contributed by atoms with Crippen molar-refractivity contribution in [3.05, 3.63) is 11.3 Å². The van der Waals surface area contributed by atoms with Crippen LogP contribution in [0.15, 0.2) is 0 Å². The highest BCUT2D eigenvalue weighted by Crippen LogP contribution is 2.45. The van der Waals surface area contributed by atoms with Crippen molar-refractivity contribution in [1.82, 2.24) is 9.78 Å². The molecule has 1 atom stereocenters. The highest BCUT2D eigenvalue weighted by molar-refractivity contribution is 5.48. The molecule has 1 unspecified atom stereocenters. The van der Waals surface area contributed by atoms with Crippen molar-refractivity contribution >= 4 is 5.82 Å². The average molecular weight is 271 g/mol. The molecule has 0 aromatic carbocycles. The van der Waals surface area contributed by atoms with Crippen molar-refractivity contribution in [2.75, 3.05) is 12.4 Å². The fourth-order valence-electron chi connectivity index (χ4n) is 2.86. The molecule has 1 aliphatic rings. The highest BCUT2D eigenvalue weighted by Gasteiger charge is 2.42. The van der Waals surface area contributed by atoms with E-state index in [4.69, 9.17) is 0 Å². The van der Waals surface area contributed by atoms with E-state index >= 15 is 0 Å². The van der Waals surface area contributed by atoms with E-state index in [1.165, 1.54) is 0 Å². The summed E-state index contributed by atoms with van der Waals surface area (Å²) in [7, 11) is 1.85. The fraction of sp³-hybridized carbons (Fsp3) is 0.786. The molecule has 0 saturated heterocycles. The molecule has 1 aromatic heterocycles. The topological polar surface area (TPSA) is 29.9 Å². The molecule has 0 bridgehead atoms. The normalized spacial score (nSPS) is 22.8. The predicted molar refractivity (Wildman–Crippen MR) is 73.0 cm³/mol. The Hall–Kier alpha value is -1.13. The van der Waals surface area contributed by atoms with E-state index in [0.29, 0.717) is 6.42 Å². The van der Waals surface area contributed by atoms with Gasteiger partial charge in [-0.25, -0.2) is 13.5 Å². The first-order chi connectivity index (χ1) is 8.65. The van der Waals surface area contributed by atoms with Gasteiger partial charge in [0.2, 0.25) is 5.92 Å². The minimum atomic E-state index is -2.53.